The van der Waals surface area contributed by atoms with Gasteiger partial charge in [0.2, 0.25) is 10.0 Å². The molecule has 0 aliphatic heterocycles. The highest BCUT2D eigenvalue weighted by Gasteiger charge is 2.28. The number of sulfonamides is 1. The lowest BCUT2D eigenvalue weighted by atomic mass is 10.1. The van der Waals surface area contributed by atoms with E-state index < -0.39 is 27.9 Å². The van der Waals surface area contributed by atoms with Crippen molar-refractivity contribution >= 4 is 16.0 Å². The van der Waals surface area contributed by atoms with E-state index in [0.29, 0.717) is 0 Å². The maximum atomic E-state index is 13.2. The Bertz CT molecular complexity index is 617. The summed E-state index contributed by atoms with van der Waals surface area (Å²) >= 11 is 0. The van der Waals surface area contributed by atoms with Gasteiger partial charge in [-0.15, -0.1) is 0 Å². The maximum Gasteiger partial charge on any atom is 0.321 e. The Morgan fingerprint density at radius 2 is 1.76 bits per heavy atom. The van der Waals surface area contributed by atoms with Gasteiger partial charge in [-0.05, 0) is 49.4 Å². The maximum absolute atomic E-state index is 13.2. The average Bonchev–Trinajstić information content (AvgIpc) is 2.24. The van der Waals surface area contributed by atoms with Gasteiger partial charge in [0.05, 0.1) is 4.90 Å². The van der Waals surface area contributed by atoms with Crippen LogP contribution in [-0.2, 0) is 14.8 Å². The van der Waals surface area contributed by atoms with Gasteiger partial charge in [0.25, 0.3) is 0 Å². The van der Waals surface area contributed by atoms with Crippen LogP contribution >= 0.6 is 0 Å². The van der Waals surface area contributed by atoms with E-state index >= 15 is 0 Å². The number of aliphatic carboxylic acids is 1. The molecule has 0 aliphatic rings. The fraction of sp³-hybridized carbons (Fsp3) is 0.500. The topological polar surface area (TPSA) is 83.5 Å². The van der Waals surface area contributed by atoms with E-state index in [9.17, 15) is 17.6 Å². The molecule has 7 heteroatoms. The van der Waals surface area contributed by atoms with Gasteiger partial charge in [-0.2, -0.15) is 4.72 Å². The van der Waals surface area contributed by atoms with Crippen molar-refractivity contribution in [3.05, 3.63) is 29.1 Å². The molecular formula is C14H20FNO4S. The van der Waals surface area contributed by atoms with Crippen LogP contribution in [-0.4, -0.2) is 25.5 Å². The fourth-order valence-corrected chi connectivity index (χ4v) is 3.89. The van der Waals surface area contributed by atoms with Crippen molar-refractivity contribution in [1.82, 2.24) is 4.72 Å². The second kappa shape index (κ2) is 6.53. The molecule has 1 aromatic carbocycles. The minimum absolute atomic E-state index is 0.0178. The number of hydrogen-bond donors (Lipinski definition) is 2. The largest absolute Gasteiger partial charge is 0.480 e. The van der Waals surface area contributed by atoms with Gasteiger partial charge in [0, 0.05) is 0 Å². The molecule has 0 fully saturated rings. The van der Waals surface area contributed by atoms with Gasteiger partial charge >= 0.3 is 5.97 Å². The molecule has 118 valence electrons. The molecule has 0 spiro atoms. The average molecular weight is 317 g/mol. The molecule has 0 saturated carbocycles. The monoisotopic (exact) mass is 317 g/mol. The van der Waals surface area contributed by atoms with Crippen LogP contribution in [0.25, 0.3) is 0 Å². The highest BCUT2D eigenvalue weighted by Crippen LogP contribution is 2.22. The van der Waals surface area contributed by atoms with Gasteiger partial charge in [-0.25, -0.2) is 12.8 Å². The van der Waals surface area contributed by atoms with Crippen molar-refractivity contribution in [1.29, 1.82) is 0 Å². The number of nitrogens with one attached hydrogen (secondary N) is 1. The number of hydrogen-bond acceptors (Lipinski definition) is 3. The first-order valence-electron chi connectivity index (χ1n) is 6.56. The van der Waals surface area contributed by atoms with Gasteiger partial charge < -0.3 is 5.11 Å². The minimum atomic E-state index is -4.03. The Morgan fingerprint density at radius 3 is 2.14 bits per heavy atom. The minimum Gasteiger partial charge on any atom is -0.480 e. The molecule has 0 aromatic heterocycles. The summed E-state index contributed by atoms with van der Waals surface area (Å²) in [6.45, 7) is 6.56. The number of benzene rings is 1. The van der Waals surface area contributed by atoms with Crippen LogP contribution in [0.15, 0.2) is 17.0 Å². The van der Waals surface area contributed by atoms with Crippen molar-refractivity contribution in [3.8, 4) is 0 Å². The Balaban J connectivity index is 3.20. The Labute approximate surface area is 124 Å². The van der Waals surface area contributed by atoms with E-state index in [1.54, 1.807) is 13.8 Å². The third kappa shape index (κ3) is 4.50. The molecule has 0 bridgehead atoms. The first-order valence-corrected chi connectivity index (χ1v) is 8.04. The van der Waals surface area contributed by atoms with Crippen molar-refractivity contribution in [2.45, 2.75) is 45.1 Å². The molecular weight excluding hydrogens is 297 g/mol. The Hall–Kier alpha value is -1.47. The summed E-state index contributed by atoms with van der Waals surface area (Å²) in [6.07, 6.45) is 0.174. The number of carbonyl (C=O) groups is 1. The molecule has 0 radical (unpaired) electrons. The summed E-state index contributed by atoms with van der Waals surface area (Å²) in [4.78, 5) is 11.1. The summed E-state index contributed by atoms with van der Waals surface area (Å²) in [5.74, 6) is -1.74. The van der Waals surface area contributed by atoms with Crippen LogP contribution in [0.5, 0.6) is 0 Å². The lowest BCUT2D eigenvalue weighted by molar-refractivity contribution is -0.139. The van der Waals surface area contributed by atoms with Crippen LogP contribution in [0.4, 0.5) is 4.39 Å². The second-order valence-corrected chi connectivity index (χ2v) is 7.16. The summed E-state index contributed by atoms with van der Waals surface area (Å²) in [5.41, 5.74) is 0.488. The summed E-state index contributed by atoms with van der Waals surface area (Å²) in [5, 5.41) is 9.13. The lowest BCUT2D eigenvalue weighted by Gasteiger charge is -2.18. The van der Waals surface area contributed by atoms with Crippen LogP contribution in [0, 0.1) is 25.6 Å². The van der Waals surface area contributed by atoms with Gasteiger partial charge in [0.1, 0.15) is 11.9 Å². The van der Waals surface area contributed by atoms with Crippen molar-refractivity contribution in [3.63, 3.8) is 0 Å². The molecule has 1 rings (SSSR count). The first-order chi connectivity index (χ1) is 9.54. The zero-order valence-electron chi connectivity index (χ0n) is 12.5. The molecule has 2 N–H and O–H groups in total. The molecule has 0 aliphatic carbocycles. The predicted octanol–water partition coefficient (Wildman–Crippen LogP) is 2.22. The normalized spacial score (nSPS) is 13.4. The lowest BCUT2D eigenvalue weighted by Crippen LogP contribution is -2.42. The Kier molecular flexibility index (Phi) is 5.47. The third-order valence-electron chi connectivity index (χ3n) is 3.00. The van der Waals surface area contributed by atoms with E-state index in [1.807, 2.05) is 0 Å². The molecule has 1 atom stereocenters. The predicted molar refractivity (Wildman–Crippen MR) is 77.1 cm³/mol. The quantitative estimate of drug-likeness (QED) is 0.842. The SMILES string of the molecule is Cc1cc(F)cc(C)c1S(=O)(=O)NC(CC(C)C)C(=O)O. The molecule has 1 unspecified atom stereocenters. The van der Waals surface area contributed by atoms with E-state index in [-0.39, 0.29) is 28.4 Å². The second-order valence-electron chi connectivity index (χ2n) is 5.51. The highest BCUT2D eigenvalue weighted by molar-refractivity contribution is 7.89. The number of rotatable bonds is 6. The van der Waals surface area contributed by atoms with Crippen LogP contribution < -0.4 is 4.72 Å². The van der Waals surface area contributed by atoms with Gasteiger partial charge in [-0.1, -0.05) is 13.8 Å². The first kappa shape index (κ1) is 17.6. The van der Waals surface area contributed by atoms with Gasteiger partial charge in [0.15, 0.2) is 0 Å². The molecule has 0 heterocycles. The van der Waals surface area contributed by atoms with E-state index in [1.165, 1.54) is 13.8 Å². The van der Waals surface area contributed by atoms with Crippen molar-refractivity contribution in [2.24, 2.45) is 5.92 Å². The van der Waals surface area contributed by atoms with Crippen molar-refractivity contribution < 1.29 is 22.7 Å². The fourth-order valence-electron chi connectivity index (χ4n) is 2.24. The standard InChI is InChI=1S/C14H20FNO4S/c1-8(2)5-12(14(17)18)16-21(19,20)13-9(3)6-11(15)7-10(13)4/h6-8,12,16H,5H2,1-4H3,(H,17,18). The number of halogens is 1. The van der Waals surface area contributed by atoms with Crippen LogP contribution in [0.2, 0.25) is 0 Å². The van der Waals surface area contributed by atoms with Crippen LogP contribution in [0.3, 0.4) is 0 Å². The smallest absolute Gasteiger partial charge is 0.321 e. The zero-order valence-corrected chi connectivity index (χ0v) is 13.3. The zero-order chi connectivity index (χ0) is 16.4. The number of carboxylic acid groups (broad SMARTS) is 1. The summed E-state index contributed by atoms with van der Waals surface area (Å²) in [6, 6.07) is 1.01. The third-order valence-corrected chi connectivity index (χ3v) is 4.77. The summed E-state index contributed by atoms with van der Waals surface area (Å²) < 4.78 is 40.2. The number of aryl methyl sites for hydroxylation is 2. The van der Waals surface area contributed by atoms with Crippen molar-refractivity contribution in [2.75, 3.05) is 0 Å². The molecule has 5 nitrogen and oxygen atoms in total. The highest BCUT2D eigenvalue weighted by atomic mass is 32.2. The Morgan fingerprint density at radius 1 is 1.29 bits per heavy atom. The van der Waals surface area contributed by atoms with E-state index in [0.717, 1.165) is 12.1 Å². The van der Waals surface area contributed by atoms with Crippen LogP contribution in [0.1, 0.15) is 31.4 Å². The van der Waals surface area contributed by atoms with E-state index in [4.69, 9.17) is 5.11 Å². The summed E-state index contributed by atoms with van der Waals surface area (Å²) in [7, 11) is -4.03. The molecule has 0 amide bonds. The van der Waals surface area contributed by atoms with Gasteiger partial charge in [-0.3, -0.25) is 4.79 Å². The number of carboxylic acids is 1. The molecule has 21 heavy (non-hydrogen) atoms. The molecule has 1 aromatic rings. The molecule has 0 saturated heterocycles. The van der Waals surface area contributed by atoms with E-state index in [2.05, 4.69) is 4.72 Å².